The van der Waals surface area contributed by atoms with E-state index in [4.69, 9.17) is 10.8 Å². The molecule has 0 saturated heterocycles. The average Bonchev–Trinajstić information content (AvgIpc) is 1.87. The molecule has 0 aromatic heterocycles. The van der Waals surface area contributed by atoms with E-state index in [2.05, 4.69) is 0 Å². The molecule has 9 heavy (non-hydrogen) atoms. The Balaban J connectivity index is 3.78. The van der Waals surface area contributed by atoms with Gasteiger partial charge in [-0.05, 0) is 6.42 Å². The molecule has 0 saturated carbocycles. The molecule has 4 heteroatoms. The van der Waals surface area contributed by atoms with E-state index in [0.29, 0.717) is 6.16 Å². The number of aliphatic hydroxyl groups excluding tert-OH is 1. The highest BCUT2D eigenvalue weighted by molar-refractivity contribution is 7.51. The third-order valence-electron chi connectivity index (χ3n) is 0.897. The SMILES string of the molecule is CCC/[P+]([O-])=C(\O)CN. The molecule has 0 radical (unpaired) electrons. The first-order chi connectivity index (χ1) is 4.22. The third-order valence-corrected chi connectivity index (χ3v) is 2.51. The Morgan fingerprint density at radius 3 is 2.67 bits per heavy atom. The Hall–Kier alpha value is 0.0500. The summed E-state index contributed by atoms with van der Waals surface area (Å²) < 4.78 is 0. The topological polar surface area (TPSA) is 69.3 Å². The lowest BCUT2D eigenvalue weighted by molar-refractivity contribution is -0.153. The first kappa shape index (κ1) is 9.05. The molecule has 0 spiro atoms. The molecule has 0 aliphatic carbocycles. The molecule has 3 N–H and O–H groups in total. The van der Waals surface area contributed by atoms with Gasteiger partial charge < -0.3 is 15.7 Å². The smallest absolute Gasteiger partial charge is 0.232 e. The zero-order chi connectivity index (χ0) is 7.28. The van der Waals surface area contributed by atoms with Gasteiger partial charge in [0, 0.05) is 0 Å². The van der Waals surface area contributed by atoms with E-state index < -0.39 is 7.77 Å². The Morgan fingerprint density at radius 2 is 2.33 bits per heavy atom. The average molecular weight is 149 g/mol. The Bertz CT molecular complexity index is 114. The molecule has 3 nitrogen and oxygen atoms in total. The van der Waals surface area contributed by atoms with Crippen LogP contribution >= 0.6 is 7.77 Å². The quantitative estimate of drug-likeness (QED) is 0.537. The Kier molecular flexibility index (Phi) is 4.91. The number of aliphatic hydroxyl groups is 1. The van der Waals surface area contributed by atoms with Crippen molar-refractivity contribution in [2.75, 3.05) is 12.7 Å². The molecule has 0 aromatic rings. The van der Waals surface area contributed by atoms with Gasteiger partial charge in [-0.2, -0.15) is 0 Å². The highest BCUT2D eigenvalue weighted by atomic mass is 31.1. The van der Waals surface area contributed by atoms with Gasteiger partial charge in [-0.1, -0.05) is 6.92 Å². The Morgan fingerprint density at radius 1 is 1.78 bits per heavy atom. The van der Waals surface area contributed by atoms with Gasteiger partial charge >= 0.3 is 0 Å². The largest absolute Gasteiger partial charge is 0.629 e. The van der Waals surface area contributed by atoms with Crippen molar-refractivity contribution in [1.82, 2.24) is 0 Å². The molecular weight excluding hydrogens is 137 g/mol. The first-order valence-corrected chi connectivity index (χ1v) is 4.36. The summed E-state index contributed by atoms with van der Waals surface area (Å²) in [5, 5.41) is 8.77. The van der Waals surface area contributed by atoms with Gasteiger partial charge in [-0.25, -0.2) is 0 Å². The van der Waals surface area contributed by atoms with E-state index in [0.717, 1.165) is 6.42 Å². The van der Waals surface area contributed by atoms with Crippen LogP contribution in [0, 0.1) is 0 Å². The minimum absolute atomic E-state index is 0.0230. The maximum atomic E-state index is 10.8. The van der Waals surface area contributed by atoms with Crippen molar-refractivity contribution in [3.8, 4) is 0 Å². The van der Waals surface area contributed by atoms with Crippen molar-refractivity contribution >= 4 is 13.3 Å². The molecule has 1 atom stereocenters. The van der Waals surface area contributed by atoms with Crippen LogP contribution in [0.5, 0.6) is 0 Å². The number of rotatable bonds is 3. The summed E-state index contributed by atoms with van der Waals surface area (Å²) in [5.74, 6) is 0. The predicted molar refractivity (Wildman–Crippen MR) is 38.1 cm³/mol. The Labute approximate surface area is 56.0 Å². The normalized spacial score (nSPS) is 13.3. The third kappa shape index (κ3) is 3.60. The monoisotopic (exact) mass is 149 g/mol. The fourth-order valence-electron chi connectivity index (χ4n) is 0.434. The molecule has 0 heterocycles. The highest BCUT2D eigenvalue weighted by Gasteiger charge is 2.01. The molecule has 54 valence electrons. The maximum Gasteiger partial charge on any atom is 0.232 e. The van der Waals surface area contributed by atoms with Crippen LogP contribution in [0.25, 0.3) is 0 Å². The van der Waals surface area contributed by atoms with Gasteiger partial charge in [-0.3, -0.25) is 0 Å². The molecule has 0 rings (SSSR count). The number of nitrogens with two attached hydrogens (primary N) is 1. The van der Waals surface area contributed by atoms with E-state index in [-0.39, 0.29) is 12.0 Å². The van der Waals surface area contributed by atoms with E-state index in [1.54, 1.807) is 0 Å². The van der Waals surface area contributed by atoms with Crippen molar-refractivity contribution in [2.24, 2.45) is 5.73 Å². The van der Waals surface area contributed by atoms with Gasteiger partial charge in [0.25, 0.3) is 0 Å². The molecule has 0 bridgehead atoms. The van der Waals surface area contributed by atoms with Crippen LogP contribution in [0.1, 0.15) is 13.3 Å². The molecule has 0 amide bonds. The molecular formula is C5H12NO2P. The number of hydrogen-bond acceptors (Lipinski definition) is 2. The van der Waals surface area contributed by atoms with E-state index in [9.17, 15) is 4.89 Å². The molecule has 0 aromatic carbocycles. The second-order valence-corrected chi connectivity index (χ2v) is 3.44. The van der Waals surface area contributed by atoms with Crippen molar-refractivity contribution in [3.63, 3.8) is 0 Å². The zero-order valence-electron chi connectivity index (χ0n) is 5.50. The lowest BCUT2D eigenvalue weighted by Crippen LogP contribution is -2.15. The van der Waals surface area contributed by atoms with Crippen LogP contribution in [0.2, 0.25) is 0 Å². The van der Waals surface area contributed by atoms with Gasteiger partial charge in [0.1, 0.15) is 6.16 Å². The number of hydrogen-bond donors (Lipinski definition) is 2. The summed E-state index contributed by atoms with van der Waals surface area (Å²) in [6, 6.07) is 0. The van der Waals surface area contributed by atoms with E-state index >= 15 is 0 Å². The lowest BCUT2D eigenvalue weighted by Gasteiger charge is -1.96. The zero-order valence-corrected chi connectivity index (χ0v) is 6.40. The van der Waals surface area contributed by atoms with Crippen LogP contribution in [-0.2, 0) is 0 Å². The van der Waals surface area contributed by atoms with Crippen molar-refractivity contribution in [3.05, 3.63) is 0 Å². The van der Waals surface area contributed by atoms with E-state index in [1.807, 2.05) is 6.92 Å². The second kappa shape index (κ2) is 4.89. The molecule has 0 aliphatic heterocycles. The summed E-state index contributed by atoms with van der Waals surface area (Å²) in [5.41, 5.74) is 4.97. The second-order valence-electron chi connectivity index (χ2n) is 1.72. The van der Waals surface area contributed by atoms with Crippen LogP contribution in [-0.4, -0.2) is 23.3 Å². The van der Waals surface area contributed by atoms with Crippen LogP contribution in [0.3, 0.4) is 0 Å². The first-order valence-electron chi connectivity index (χ1n) is 2.91. The van der Waals surface area contributed by atoms with Crippen LogP contribution in [0.15, 0.2) is 0 Å². The minimum atomic E-state index is -1.54. The summed E-state index contributed by atoms with van der Waals surface area (Å²) in [6.07, 6.45) is 1.36. The van der Waals surface area contributed by atoms with Crippen LogP contribution < -0.4 is 10.6 Å². The molecule has 1 unspecified atom stereocenters. The minimum Gasteiger partial charge on any atom is -0.629 e. The molecule has 0 aliphatic rings. The summed E-state index contributed by atoms with van der Waals surface area (Å²) >= 11 is 0. The summed E-state index contributed by atoms with van der Waals surface area (Å²) in [7, 11) is -1.54. The van der Waals surface area contributed by atoms with E-state index in [1.165, 1.54) is 0 Å². The highest BCUT2D eigenvalue weighted by Crippen LogP contribution is 2.12. The summed E-state index contributed by atoms with van der Waals surface area (Å²) in [4.78, 5) is 10.8. The summed E-state index contributed by atoms with van der Waals surface area (Å²) in [6.45, 7) is 1.94. The molecule has 0 fully saturated rings. The van der Waals surface area contributed by atoms with Crippen molar-refractivity contribution in [1.29, 1.82) is 0 Å². The fraction of sp³-hybridized carbons (Fsp3) is 0.800. The predicted octanol–water partition coefficient (Wildman–Crippen LogP) is -0.385. The lowest BCUT2D eigenvalue weighted by atomic mass is 10.6. The van der Waals surface area contributed by atoms with Crippen molar-refractivity contribution < 1.29 is 10.00 Å². The van der Waals surface area contributed by atoms with Crippen LogP contribution in [0.4, 0.5) is 0 Å². The maximum absolute atomic E-state index is 10.8. The van der Waals surface area contributed by atoms with Gasteiger partial charge in [0.15, 0.2) is 0 Å². The van der Waals surface area contributed by atoms with Crippen molar-refractivity contribution in [2.45, 2.75) is 13.3 Å². The fourth-order valence-corrected chi connectivity index (χ4v) is 1.30. The van der Waals surface area contributed by atoms with Gasteiger partial charge in [0.2, 0.25) is 5.48 Å². The standard InChI is InChI=1S/C5H12NO2P/c1-2-3-9(8)5(7)4-6/h7H,2-4,6H2,1H3. The van der Waals surface area contributed by atoms with Gasteiger partial charge in [-0.15, -0.1) is 0 Å². The van der Waals surface area contributed by atoms with Gasteiger partial charge in [0.05, 0.1) is 14.3 Å².